The number of carbonyl (C=O) groups excluding carboxylic acids is 2. The van der Waals surface area contributed by atoms with Crippen LogP contribution in [0.3, 0.4) is 0 Å². The summed E-state index contributed by atoms with van der Waals surface area (Å²) in [5, 5.41) is 20.4. The first-order valence-corrected chi connectivity index (χ1v) is 9.06. The molecule has 7 heteroatoms. The lowest BCUT2D eigenvalue weighted by Gasteiger charge is -2.40. The first-order chi connectivity index (χ1) is 13.4. The number of aliphatic hydroxyl groups excluding tert-OH is 1. The van der Waals surface area contributed by atoms with E-state index in [9.17, 15) is 19.8 Å². The molecule has 1 aliphatic rings. The van der Waals surface area contributed by atoms with Crippen molar-refractivity contribution in [1.82, 2.24) is 0 Å². The molecule has 0 heterocycles. The third-order valence-electron chi connectivity index (χ3n) is 4.47. The average Bonchev–Trinajstić information content (AvgIpc) is 2.74. The number of aliphatic hydroxyl groups is 2. The van der Waals surface area contributed by atoms with E-state index < -0.39 is 41.7 Å². The molecule has 6 nitrogen and oxygen atoms in total. The lowest BCUT2D eigenvalue weighted by atomic mass is 9.84. The highest BCUT2D eigenvalue weighted by molar-refractivity contribution is 6.22. The second-order valence-corrected chi connectivity index (χ2v) is 6.87. The summed E-state index contributed by atoms with van der Waals surface area (Å²) >= 11 is 6.14. The Balaban J connectivity index is 1.69. The summed E-state index contributed by atoms with van der Waals surface area (Å²) in [6.07, 6.45) is 0.0592. The Morgan fingerprint density at radius 2 is 1.46 bits per heavy atom. The SMILES string of the molecule is O=C(OC[C@@]1(O)[C@H](Cl)C=C[C@H](OC(=O)c2ccccc2)[C@@H]1O)c1ccccc1. The molecule has 3 rings (SSSR count). The fourth-order valence-electron chi connectivity index (χ4n) is 2.80. The molecule has 0 aliphatic heterocycles. The number of benzene rings is 2. The van der Waals surface area contributed by atoms with Crippen LogP contribution in [0.5, 0.6) is 0 Å². The van der Waals surface area contributed by atoms with E-state index in [4.69, 9.17) is 21.1 Å². The molecule has 2 N–H and O–H groups in total. The topological polar surface area (TPSA) is 93.1 Å². The van der Waals surface area contributed by atoms with Crippen LogP contribution in [0, 0.1) is 0 Å². The summed E-state index contributed by atoms with van der Waals surface area (Å²) in [4.78, 5) is 24.4. The predicted molar refractivity (Wildman–Crippen MR) is 102 cm³/mol. The van der Waals surface area contributed by atoms with Crippen molar-refractivity contribution in [2.75, 3.05) is 6.61 Å². The average molecular weight is 403 g/mol. The van der Waals surface area contributed by atoms with Crippen LogP contribution in [0.2, 0.25) is 0 Å². The van der Waals surface area contributed by atoms with Gasteiger partial charge in [-0.05, 0) is 30.3 Å². The molecule has 0 saturated carbocycles. The minimum atomic E-state index is -2.03. The maximum absolute atomic E-state index is 12.2. The summed E-state index contributed by atoms with van der Waals surface area (Å²) in [7, 11) is 0. The van der Waals surface area contributed by atoms with Crippen LogP contribution >= 0.6 is 11.6 Å². The molecule has 1 aliphatic carbocycles. The third-order valence-corrected chi connectivity index (χ3v) is 4.99. The van der Waals surface area contributed by atoms with Crippen molar-refractivity contribution in [3.05, 3.63) is 83.9 Å². The quantitative estimate of drug-likeness (QED) is 0.453. The monoisotopic (exact) mass is 402 g/mol. The smallest absolute Gasteiger partial charge is 0.338 e. The molecule has 28 heavy (non-hydrogen) atoms. The molecular formula is C21H19ClO6. The number of carbonyl (C=O) groups is 2. The molecule has 2 aromatic rings. The van der Waals surface area contributed by atoms with Crippen molar-refractivity contribution in [2.45, 2.75) is 23.2 Å². The molecule has 0 saturated heterocycles. The van der Waals surface area contributed by atoms with Gasteiger partial charge in [0.1, 0.15) is 24.4 Å². The van der Waals surface area contributed by atoms with Crippen LogP contribution in [-0.2, 0) is 9.47 Å². The van der Waals surface area contributed by atoms with Gasteiger partial charge < -0.3 is 19.7 Å². The van der Waals surface area contributed by atoms with E-state index in [0.29, 0.717) is 11.1 Å². The minimum Gasteiger partial charge on any atom is -0.459 e. The van der Waals surface area contributed by atoms with Crippen LogP contribution < -0.4 is 0 Å². The van der Waals surface area contributed by atoms with E-state index in [-0.39, 0.29) is 0 Å². The fourth-order valence-corrected chi connectivity index (χ4v) is 3.08. The van der Waals surface area contributed by atoms with Crippen molar-refractivity contribution >= 4 is 23.5 Å². The summed E-state index contributed by atoms with van der Waals surface area (Å²) in [6, 6.07) is 16.5. The molecule has 2 aromatic carbocycles. The Labute approximate surface area is 167 Å². The highest BCUT2D eigenvalue weighted by Gasteiger charge is 2.50. The van der Waals surface area contributed by atoms with Crippen molar-refractivity contribution in [1.29, 1.82) is 0 Å². The summed E-state index contributed by atoms with van der Waals surface area (Å²) in [5.41, 5.74) is -1.43. The zero-order chi connectivity index (χ0) is 20.1. The fraction of sp³-hybridized carbons (Fsp3) is 0.238. The summed E-state index contributed by atoms with van der Waals surface area (Å²) in [5.74, 6) is -1.33. The van der Waals surface area contributed by atoms with Gasteiger partial charge >= 0.3 is 11.9 Å². The Hall–Kier alpha value is -2.67. The molecule has 0 spiro atoms. The molecule has 0 amide bonds. The van der Waals surface area contributed by atoms with E-state index in [1.807, 2.05) is 0 Å². The molecule has 0 bridgehead atoms. The van der Waals surface area contributed by atoms with Gasteiger partial charge in [0.05, 0.1) is 16.5 Å². The van der Waals surface area contributed by atoms with Gasteiger partial charge in [0, 0.05) is 0 Å². The number of rotatable bonds is 5. The Morgan fingerprint density at radius 3 is 2.04 bits per heavy atom. The number of alkyl halides is 1. The largest absolute Gasteiger partial charge is 0.459 e. The number of halogens is 1. The van der Waals surface area contributed by atoms with E-state index >= 15 is 0 Å². The lowest BCUT2D eigenvalue weighted by molar-refractivity contribution is -0.140. The number of ether oxygens (including phenoxy) is 2. The number of hydrogen-bond acceptors (Lipinski definition) is 6. The Morgan fingerprint density at radius 1 is 0.929 bits per heavy atom. The maximum atomic E-state index is 12.2. The summed E-state index contributed by atoms with van der Waals surface area (Å²) < 4.78 is 10.4. The molecule has 146 valence electrons. The van der Waals surface area contributed by atoms with E-state index in [0.717, 1.165) is 0 Å². The number of hydrogen-bond donors (Lipinski definition) is 2. The van der Waals surface area contributed by atoms with Gasteiger partial charge in [-0.3, -0.25) is 0 Å². The van der Waals surface area contributed by atoms with E-state index in [1.165, 1.54) is 12.2 Å². The molecular weight excluding hydrogens is 384 g/mol. The number of esters is 2. The van der Waals surface area contributed by atoms with Gasteiger partial charge in [-0.15, -0.1) is 11.6 Å². The zero-order valence-electron chi connectivity index (χ0n) is 14.8. The molecule has 0 aromatic heterocycles. The standard InChI is InChI=1S/C21H19ClO6/c22-17-12-11-16(28-20(25)15-9-5-2-6-10-15)18(23)21(17,26)13-27-19(24)14-7-3-1-4-8-14/h1-12,16-18,23,26H,13H2/t16-,17+,18-,21+/m0/s1. The van der Waals surface area contributed by atoms with Crippen molar-refractivity contribution in [3.63, 3.8) is 0 Å². The van der Waals surface area contributed by atoms with Crippen LogP contribution in [0.1, 0.15) is 20.7 Å². The summed E-state index contributed by atoms with van der Waals surface area (Å²) in [6.45, 7) is -0.570. The molecule has 4 atom stereocenters. The Bertz CT molecular complexity index is 854. The van der Waals surface area contributed by atoms with Crippen LogP contribution in [0.25, 0.3) is 0 Å². The second kappa shape index (κ2) is 8.56. The van der Waals surface area contributed by atoms with Crippen molar-refractivity contribution in [3.8, 4) is 0 Å². The minimum absolute atomic E-state index is 0.296. The first-order valence-electron chi connectivity index (χ1n) is 8.63. The van der Waals surface area contributed by atoms with Crippen molar-refractivity contribution < 1.29 is 29.3 Å². The van der Waals surface area contributed by atoms with Gasteiger partial charge in [0.25, 0.3) is 0 Å². The van der Waals surface area contributed by atoms with Crippen LogP contribution in [0.4, 0.5) is 0 Å². The van der Waals surface area contributed by atoms with Gasteiger partial charge in [-0.25, -0.2) is 9.59 Å². The highest BCUT2D eigenvalue weighted by Crippen LogP contribution is 2.31. The van der Waals surface area contributed by atoms with Crippen LogP contribution in [0.15, 0.2) is 72.8 Å². The molecule has 0 radical (unpaired) electrons. The second-order valence-electron chi connectivity index (χ2n) is 6.40. The highest BCUT2D eigenvalue weighted by atomic mass is 35.5. The van der Waals surface area contributed by atoms with Gasteiger partial charge in [-0.2, -0.15) is 0 Å². The zero-order valence-corrected chi connectivity index (χ0v) is 15.5. The van der Waals surface area contributed by atoms with Crippen LogP contribution in [-0.4, -0.2) is 51.9 Å². The van der Waals surface area contributed by atoms with E-state index in [2.05, 4.69) is 0 Å². The van der Waals surface area contributed by atoms with Gasteiger partial charge in [-0.1, -0.05) is 42.5 Å². The third kappa shape index (κ3) is 4.25. The van der Waals surface area contributed by atoms with Crippen molar-refractivity contribution in [2.24, 2.45) is 0 Å². The Kier molecular flexibility index (Phi) is 6.14. The lowest BCUT2D eigenvalue weighted by Crippen LogP contribution is -2.60. The molecule has 0 fully saturated rings. The first kappa shape index (κ1) is 20.1. The van der Waals surface area contributed by atoms with Gasteiger partial charge in [0.15, 0.2) is 0 Å². The van der Waals surface area contributed by atoms with Gasteiger partial charge in [0.2, 0.25) is 0 Å². The normalized spacial score (nSPS) is 26.5. The molecule has 0 unspecified atom stereocenters. The maximum Gasteiger partial charge on any atom is 0.338 e. The van der Waals surface area contributed by atoms with E-state index in [1.54, 1.807) is 60.7 Å². The predicted octanol–water partition coefficient (Wildman–Crippen LogP) is 2.34.